The van der Waals surface area contributed by atoms with Crippen molar-refractivity contribution in [1.29, 1.82) is 0 Å². The number of ether oxygens (including phenoxy) is 1. The summed E-state index contributed by atoms with van der Waals surface area (Å²) in [6, 6.07) is 0. The van der Waals surface area contributed by atoms with Crippen LogP contribution in [0.25, 0.3) is 0 Å². The molecule has 0 radical (unpaired) electrons. The summed E-state index contributed by atoms with van der Waals surface area (Å²) in [6.07, 6.45) is -3.76. The Kier molecular flexibility index (Phi) is 6.87. The van der Waals surface area contributed by atoms with Crippen molar-refractivity contribution in [2.45, 2.75) is 25.6 Å². The maximum atomic E-state index is 12.0. The Hall–Kier alpha value is -0.330. The fourth-order valence-corrected chi connectivity index (χ4v) is 1.25. The van der Waals surface area contributed by atoms with Crippen LogP contribution in [0.1, 0.15) is 13.3 Å². The lowest BCUT2D eigenvalue weighted by Gasteiger charge is -2.21. The van der Waals surface area contributed by atoms with E-state index in [0.717, 1.165) is 0 Å². The molecule has 3 nitrogen and oxygen atoms in total. The van der Waals surface area contributed by atoms with Crippen LogP contribution in [0.3, 0.4) is 0 Å². The average molecular weight is 228 g/mol. The predicted molar refractivity (Wildman–Crippen MR) is 52.6 cm³/mol. The van der Waals surface area contributed by atoms with Gasteiger partial charge in [-0.05, 0) is 20.4 Å². The lowest BCUT2D eigenvalue weighted by Crippen LogP contribution is -2.35. The zero-order valence-electron chi connectivity index (χ0n) is 9.18. The van der Waals surface area contributed by atoms with E-state index >= 15 is 0 Å². The van der Waals surface area contributed by atoms with Crippen LogP contribution in [-0.4, -0.2) is 50.5 Å². The van der Waals surface area contributed by atoms with Gasteiger partial charge in [0, 0.05) is 19.7 Å². The molecule has 0 aromatic carbocycles. The largest absolute Gasteiger partial charge is 0.401 e. The fourth-order valence-electron chi connectivity index (χ4n) is 1.25. The molecule has 0 aliphatic rings. The molecule has 15 heavy (non-hydrogen) atoms. The quantitative estimate of drug-likeness (QED) is 0.712. The molecule has 0 fully saturated rings. The van der Waals surface area contributed by atoms with E-state index in [9.17, 15) is 13.2 Å². The number of hydrogen-bond acceptors (Lipinski definition) is 3. The third-order valence-corrected chi connectivity index (χ3v) is 1.95. The second kappa shape index (κ2) is 7.03. The monoisotopic (exact) mass is 228 g/mol. The summed E-state index contributed by atoms with van der Waals surface area (Å²) in [7, 11) is 1.44. The van der Waals surface area contributed by atoms with E-state index in [1.54, 1.807) is 0 Å². The number of alkyl halides is 3. The molecule has 0 saturated carbocycles. The van der Waals surface area contributed by atoms with Gasteiger partial charge >= 0.3 is 6.18 Å². The molecule has 6 heteroatoms. The van der Waals surface area contributed by atoms with Crippen LogP contribution in [0, 0.1) is 0 Å². The number of nitrogens with zero attached hydrogens (tertiary/aromatic N) is 1. The van der Waals surface area contributed by atoms with Crippen molar-refractivity contribution >= 4 is 0 Å². The molecule has 0 aliphatic heterocycles. The summed E-state index contributed by atoms with van der Waals surface area (Å²) in [5.41, 5.74) is 5.41. The van der Waals surface area contributed by atoms with Crippen LogP contribution in [0.4, 0.5) is 13.2 Å². The minimum atomic E-state index is -4.14. The van der Waals surface area contributed by atoms with Crippen molar-refractivity contribution < 1.29 is 17.9 Å². The van der Waals surface area contributed by atoms with Gasteiger partial charge in [-0.25, -0.2) is 0 Å². The van der Waals surface area contributed by atoms with E-state index in [0.29, 0.717) is 26.1 Å². The van der Waals surface area contributed by atoms with E-state index in [4.69, 9.17) is 10.5 Å². The lowest BCUT2D eigenvalue weighted by atomic mass is 10.2. The number of hydrogen-bond donors (Lipinski definition) is 1. The highest BCUT2D eigenvalue weighted by atomic mass is 19.4. The molecular weight excluding hydrogens is 209 g/mol. The maximum Gasteiger partial charge on any atom is 0.401 e. The molecule has 0 heterocycles. The standard InChI is InChI=1S/C9H19F3N2O/c1-3-15-8(6-13)4-5-14(2)7-9(10,11)12/h8H,3-7,13H2,1-2H3. The minimum Gasteiger partial charge on any atom is -0.377 e. The Morgan fingerprint density at radius 3 is 2.40 bits per heavy atom. The molecule has 0 amide bonds. The Morgan fingerprint density at radius 1 is 1.40 bits per heavy atom. The van der Waals surface area contributed by atoms with Gasteiger partial charge in [-0.1, -0.05) is 0 Å². The topological polar surface area (TPSA) is 38.5 Å². The third kappa shape index (κ3) is 8.65. The van der Waals surface area contributed by atoms with Gasteiger partial charge in [0.2, 0.25) is 0 Å². The summed E-state index contributed by atoms with van der Waals surface area (Å²) in [5, 5.41) is 0. The van der Waals surface area contributed by atoms with Crippen LogP contribution >= 0.6 is 0 Å². The molecule has 0 aliphatic carbocycles. The Balaban J connectivity index is 3.73. The third-order valence-electron chi connectivity index (χ3n) is 1.95. The molecule has 0 saturated heterocycles. The molecule has 0 rings (SSSR count). The van der Waals surface area contributed by atoms with E-state index in [2.05, 4.69) is 0 Å². The van der Waals surface area contributed by atoms with E-state index in [-0.39, 0.29) is 6.10 Å². The average Bonchev–Trinajstić information content (AvgIpc) is 2.09. The smallest absolute Gasteiger partial charge is 0.377 e. The highest BCUT2D eigenvalue weighted by molar-refractivity contribution is 4.64. The van der Waals surface area contributed by atoms with E-state index < -0.39 is 12.7 Å². The Morgan fingerprint density at radius 2 is 2.00 bits per heavy atom. The molecule has 92 valence electrons. The molecular formula is C9H19F3N2O. The summed E-state index contributed by atoms with van der Waals surface area (Å²) >= 11 is 0. The summed E-state index contributed by atoms with van der Waals surface area (Å²) in [5.74, 6) is 0. The summed E-state index contributed by atoms with van der Waals surface area (Å²) in [6.45, 7) is 2.15. The van der Waals surface area contributed by atoms with E-state index in [1.807, 2.05) is 6.92 Å². The number of rotatable bonds is 7. The highest BCUT2D eigenvalue weighted by Crippen LogP contribution is 2.15. The van der Waals surface area contributed by atoms with Gasteiger partial charge in [-0.15, -0.1) is 0 Å². The summed E-state index contributed by atoms with van der Waals surface area (Å²) in [4.78, 5) is 1.22. The van der Waals surface area contributed by atoms with Crippen LogP contribution in [0.5, 0.6) is 0 Å². The normalized spacial score (nSPS) is 14.6. The van der Waals surface area contributed by atoms with Crippen molar-refractivity contribution in [3.8, 4) is 0 Å². The Bertz CT molecular complexity index is 164. The van der Waals surface area contributed by atoms with Gasteiger partial charge in [0.1, 0.15) is 0 Å². The Labute approximate surface area is 88.4 Å². The second-order valence-electron chi connectivity index (χ2n) is 3.45. The van der Waals surface area contributed by atoms with Crippen molar-refractivity contribution in [2.24, 2.45) is 5.73 Å². The molecule has 2 N–H and O–H groups in total. The molecule has 0 aromatic heterocycles. The van der Waals surface area contributed by atoms with Crippen LogP contribution in [-0.2, 0) is 4.74 Å². The van der Waals surface area contributed by atoms with Crippen LogP contribution in [0.15, 0.2) is 0 Å². The molecule has 0 spiro atoms. The minimum absolute atomic E-state index is 0.148. The van der Waals surface area contributed by atoms with Crippen molar-refractivity contribution in [1.82, 2.24) is 4.90 Å². The molecule has 0 bridgehead atoms. The highest BCUT2D eigenvalue weighted by Gasteiger charge is 2.29. The maximum absolute atomic E-state index is 12.0. The van der Waals surface area contributed by atoms with Gasteiger partial charge in [0.25, 0.3) is 0 Å². The van der Waals surface area contributed by atoms with E-state index in [1.165, 1.54) is 11.9 Å². The first kappa shape index (κ1) is 14.7. The van der Waals surface area contributed by atoms with Gasteiger partial charge in [0.05, 0.1) is 12.6 Å². The predicted octanol–water partition coefficient (Wildman–Crippen LogP) is 1.23. The first-order valence-corrected chi connectivity index (χ1v) is 4.96. The molecule has 1 atom stereocenters. The van der Waals surface area contributed by atoms with Gasteiger partial charge in [-0.3, -0.25) is 4.90 Å². The number of nitrogens with two attached hydrogens (primary N) is 1. The lowest BCUT2D eigenvalue weighted by molar-refractivity contribution is -0.143. The molecule has 1 unspecified atom stereocenters. The van der Waals surface area contributed by atoms with Crippen molar-refractivity contribution in [3.63, 3.8) is 0 Å². The van der Waals surface area contributed by atoms with Crippen LogP contribution < -0.4 is 5.73 Å². The fraction of sp³-hybridized carbons (Fsp3) is 1.00. The van der Waals surface area contributed by atoms with Gasteiger partial charge in [0.15, 0.2) is 0 Å². The van der Waals surface area contributed by atoms with Crippen LogP contribution in [0.2, 0.25) is 0 Å². The first-order chi connectivity index (χ1) is 6.89. The van der Waals surface area contributed by atoms with Crippen molar-refractivity contribution in [3.05, 3.63) is 0 Å². The zero-order valence-corrected chi connectivity index (χ0v) is 9.18. The summed E-state index contributed by atoms with van der Waals surface area (Å²) < 4.78 is 41.1. The first-order valence-electron chi connectivity index (χ1n) is 4.96. The number of halogens is 3. The zero-order chi connectivity index (χ0) is 11.9. The second-order valence-corrected chi connectivity index (χ2v) is 3.45. The van der Waals surface area contributed by atoms with Crippen molar-refractivity contribution in [2.75, 3.05) is 33.3 Å². The SMILES string of the molecule is CCOC(CN)CCN(C)CC(F)(F)F. The van der Waals surface area contributed by atoms with Gasteiger partial charge in [-0.2, -0.15) is 13.2 Å². The molecule has 0 aromatic rings. The van der Waals surface area contributed by atoms with Gasteiger partial charge < -0.3 is 10.5 Å².